The molecule has 2 aliphatic rings. The highest BCUT2D eigenvalue weighted by Crippen LogP contribution is 2.40. The number of pyridine rings is 1. The van der Waals surface area contributed by atoms with Crippen molar-refractivity contribution >= 4 is 11.4 Å². The maximum absolute atomic E-state index is 13.2. The zero-order valence-electron chi connectivity index (χ0n) is 14.8. The van der Waals surface area contributed by atoms with Gasteiger partial charge in [0.25, 0.3) is 0 Å². The number of carbonyl (C=O) groups excluding carboxylic acids is 1. The fraction of sp³-hybridized carbons (Fsp3) is 0.364. The Kier molecular flexibility index (Phi) is 3.86. The lowest BCUT2D eigenvalue weighted by molar-refractivity contribution is 0.0673. The van der Waals surface area contributed by atoms with Crippen molar-refractivity contribution in [2.75, 3.05) is 0 Å². The largest absolute Gasteiger partial charge is 0.297 e. The van der Waals surface area contributed by atoms with E-state index in [9.17, 15) is 4.79 Å². The third-order valence-electron chi connectivity index (χ3n) is 6.14. The van der Waals surface area contributed by atoms with Gasteiger partial charge >= 0.3 is 0 Å². The summed E-state index contributed by atoms with van der Waals surface area (Å²) in [6.07, 6.45) is 8.05. The van der Waals surface area contributed by atoms with Crippen molar-refractivity contribution in [1.82, 2.24) is 14.3 Å². The minimum Gasteiger partial charge on any atom is -0.297 e. The first kappa shape index (κ1) is 15.8. The van der Waals surface area contributed by atoms with Crippen LogP contribution in [0.15, 0.2) is 60.9 Å². The number of fused-ring (bicyclic) bond motifs is 3. The first-order chi connectivity index (χ1) is 12.8. The van der Waals surface area contributed by atoms with E-state index >= 15 is 0 Å². The molecule has 0 spiro atoms. The van der Waals surface area contributed by atoms with E-state index in [0.717, 1.165) is 30.7 Å². The molecule has 0 radical (unpaired) electrons. The molecule has 3 aromatic rings. The van der Waals surface area contributed by atoms with Gasteiger partial charge in [0.15, 0.2) is 5.78 Å². The lowest BCUT2D eigenvalue weighted by Gasteiger charge is -2.38. The third-order valence-corrected chi connectivity index (χ3v) is 6.14. The normalized spacial score (nSPS) is 25.6. The first-order valence-corrected chi connectivity index (χ1v) is 9.55. The van der Waals surface area contributed by atoms with Crippen LogP contribution < -0.4 is 0 Å². The summed E-state index contributed by atoms with van der Waals surface area (Å²) in [5.74, 6) is 0.414. The molecule has 2 aromatic heterocycles. The zero-order chi connectivity index (χ0) is 17.5. The van der Waals surface area contributed by atoms with Crippen LogP contribution in [0.2, 0.25) is 0 Å². The molecule has 4 nitrogen and oxygen atoms in total. The highest BCUT2D eigenvalue weighted by atomic mass is 16.1. The summed E-state index contributed by atoms with van der Waals surface area (Å²) in [6, 6.07) is 17.6. The summed E-state index contributed by atoms with van der Waals surface area (Å²) < 4.78 is 1.93. The predicted octanol–water partition coefficient (Wildman–Crippen LogP) is 3.96. The molecule has 1 aromatic carbocycles. The maximum atomic E-state index is 13.2. The molecule has 0 aliphatic carbocycles. The number of hydrogen-bond acceptors (Lipinski definition) is 3. The van der Waals surface area contributed by atoms with Crippen molar-refractivity contribution < 1.29 is 4.79 Å². The topological polar surface area (TPSA) is 37.6 Å². The number of aromatic nitrogens is 2. The average molecular weight is 345 g/mol. The predicted molar refractivity (Wildman–Crippen MR) is 101 cm³/mol. The van der Waals surface area contributed by atoms with Crippen molar-refractivity contribution in [2.24, 2.45) is 5.92 Å². The van der Waals surface area contributed by atoms with E-state index in [-0.39, 0.29) is 11.7 Å². The van der Waals surface area contributed by atoms with Crippen LogP contribution in [0.3, 0.4) is 0 Å². The van der Waals surface area contributed by atoms with Crippen molar-refractivity contribution in [1.29, 1.82) is 0 Å². The molecule has 2 aliphatic heterocycles. The van der Waals surface area contributed by atoms with Crippen LogP contribution in [-0.2, 0) is 6.54 Å². The van der Waals surface area contributed by atoms with E-state index in [2.05, 4.69) is 40.2 Å². The fourth-order valence-corrected chi connectivity index (χ4v) is 4.90. The molecule has 0 N–H and O–H groups in total. The van der Waals surface area contributed by atoms with Gasteiger partial charge < -0.3 is 0 Å². The van der Waals surface area contributed by atoms with Gasteiger partial charge in [0.05, 0.1) is 5.69 Å². The van der Waals surface area contributed by atoms with Gasteiger partial charge in [-0.3, -0.25) is 14.1 Å². The molecule has 0 saturated carbocycles. The Hall–Kier alpha value is -2.46. The molecule has 2 fully saturated rings. The zero-order valence-corrected chi connectivity index (χ0v) is 14.8. The standard InChI is InChI=1S/C22H23N3O/c26-22(20-7-4-8-21-23-11-12-24(20)21)17-13-18-9-10-19(14-17)25(18)15-16-5-2-1-3-6-16/h1-8,11-12,17-19H,9-10,13-15H2. The van der Waals surface area contributed by atoms with Gasteiger partial charge in [-0.25, -0.2) is 4.98 Å². The quantitative estimate of drug-likeness (QED) is 0.672. The van der Waals surface area contributed by atoms with Gasteiger partial charge in [-0.15, -0.1) is 0 Å². The van der Waals surface area contributed by atoms with Crippen molar-refractivity contribution in [3.63, 3.8) is 0 Å². The van der Waals surface area contributed by atoms with Gasteiger partial charge in [-0.05, 0) is 43.4 Å². The van der Waals surface area contributed by atoms with Crippen LogP contribution in [-0.4, -0.2) is 32.2 Å². The van der Waals surface area contributed by atoms with Crippen LogP contribution in [0, 0.1) is 5.92 Å². The maximum Gasteiger partial charge on any atom is 0.182 e. The molecule has 2 atom stereocenters. The molecule has 2 saturated heterocycles. The number of nitrogens with zero attached hydrogens (tertiary/aromatic N) is 3. The minimum absolute atomic E-state index is 0.132. The van der Waals surface area contributed by atoms with Crippen LogP contribution in [0.1, 0.15) is 41.7 Å². The van der Waals surface area contributed by atoms with E-state index in [1.165, 1.54) is 18.4 Å². The second-order valence-electron chi connectivity index (χ2n) is 7.64. The second kappa shape index (κ2) is 6.36. The van der Waals surface area contributed by atoms with Gasteiger partial charge in [0, 0.05) is 36.9 Å². The molecule has 132 valence electrons. The second-order valence-corrected chi connectivity index (χ2v) is 7.64. The number of Topliss-reactive ketones (excluding diaryl/α,β-unsaturated/α-hetero) is 1. The van der Waals surface area contributed by atoms with Crippen molar-refractivity contribution in [2.45, 2.75) is 44.3 Å². The minimum atomic E-state index is 0.132. The smallest absolute Gasteiger partial charge is 0.182 e. The molecular formula is C22H23N3O. The van der Waals surface area contributed by atoms with E-state index in [4.69, 9.17) is 0 Å². The highest BCUT2D eigenvalue weighted by Gasteiger charge is 2.43. The van der Waals surface area contributed by atoms with E-state index in [1.54, 1.807) is 6.20 Å². The molecular weight excluding hydrogens is 322 g/mol. The molecule has 26 heavy (non-hydrogen) atoms. The van der Waals surface area contributed by atoms with Gasteiger partial charge in [0.1, 0.15) is 5.65 Å². The third kappa shape index (κ3) is 2.65. The summed E-state index contributed by atoms with van der Waals surface area (Å²) in [5.41, 5.74) is 3.00. The van der Waals surface area contributed by atoms with Crippen molar-refractivity contribution in [3.05, 3.63) is 72.2 Å². The fourth-order valence-electron chi connectivity index (χ4n) is 4.90. The summed E-state index contributed by atoms with van der Waals surface area (Å²) in [5, 5.41) is 0. The van der Waals surface area contributed by atoms with Crippen LogP contribution in [0.4, 0.5) is 0 Å². The average Bonchev–Trinajstić information content (AvgIpc) is 3.23. The molecule has 0 amide bonds. The Bertz CT molecular complexity index is 919. The Morgan fingerprint density at radius 2 is 1.77 bits per heavy atom. The Balaban J connectivity index is 1.36. The Labute approximate surface area is 153 Å². The van der Waals surface area contributed by atoms with Gasteiger partial charge in [-0.1, -0.05) is 36.4 Å². The molecule has 2 unspecified atom stereocenters. The molecule has 4 heterocycles. The first-order valence-electron chi connectivity index (χ1n) is 9.55. The lowest BCUT2D eigenvalue weighted by atomic mass is 9.85. The van der Waals surface area contributed by atoms with E-state index in [1.807, 2.05) is 28.8 Å². The Morgan fingerprint density at radius 1 is 1.00 bits per heavy atom. The van der Waals surface area contributed by atoms with E-state index < -0.39 is 0 Å². The van der Waals surface area contributed by atoms with E-state index in [0.29, 0.717) is 12.1 Å². The van der Waals surface area contributed by atoms with Gasteiger partial charge in [-0.2, -0.15) is 0 Å². The van der Waals surface area contributed by atoms with Crippen LogP contribution in [0.25, 0.3) is 5.65 Å². The number of benzene rings is 1. The number of imidazole rings is 1. The highest BCUT2D eigenvalue weighted by molar-refractivity contribution is 5.97. The SMILES string of the molecule is O=C(c1cccc2nccn12)C1CC2CCC(C1)N2Cc1ccccc1. The molecule has 4 heteroatoms. The number of piperidine rings is 1. The summed E-state index contributed by atoms with van der Waals surface area (Å²) >= 11 is 0. The van der Waals surface area contributed by atoms with Crippen molar-refractivity contribution in [3.8, 4) is 0 Å². The molecule has 5 rings (SSSR count). The van der Waals surface area contributed by atoms with Crippen LogP contribution >= 0.6 is 0 Å². The summed E-state index contributed by atoms with van der Waals surface area (Å²) in [7, 11) is 0. The summed E-state index contributed by atoms with van der Waals surface area (Å²) in [6.45, 7) is 1.01. The van der Waals surface area contributed by atoms with Gasteiger partial charge in [0.2, 0.25) is 0 Å². The number of carbonyl (C=O) groups is 1. The Morgan fingerprint density at radius 3 is 2.54 bits per heavy atom. The summed E-state index contributed by atoms with van der Waals surface area (Å²) in [4.78, 5) is 20.2. The lowest BCUT2D eigenvalue weighted by Crippen LogP contribution is -2.44. The molecule has 2 bridgehead atoms. The number of ketones is 1. The van der Waals surface area contributed by atoms with Crippen LogP contribution in [0.5, 0.6) is 0 Å². The number of rotatable bonds is 4. The monoisotopic (exact) mass is 345 g/mol. The number of hydrogen-bond donors (Lipinski definition) is 0.